The molecule has 94 valence electrons. The van der Waals surface area contributed by atoms with Crippen molar-refractivity contribution in [3.63, 3.8) is 0 Å². The summed E-state index contributed by atoms with van der Waals surface area (Å²) < 4.78 is 0. The van der Waals surface area contributed by atoms with E-state index < -0.39 is 0 Å². The Kier molecular flexibility index (Phi) is 3.89. The lowest BCUT2D eigenvalue weighted by atomic mass is 10.0. The molecule has 0 radical (unpaired) electrons. The van der Waals surface area contributed by atoms with Crippen LogP contribution in [0.2, 0.25) is 0 Å². The van der Waals surface area contributed by atoms with Crippen LogP contribution in [0.5, 0.6) is 0 Å². The normalized spacial score (nSPS) is 21.2. The van der Waals surface area contributed by atoms with Crippen molar-refractivity contribution in [2.75, 3.05) is 44.4 Å². The quantitative estimate of drug-likeness (QED) is 0.864. The molecule has 0 aliphatic carbocycles. The van der Waals surface area contributed by atoms with Crippen LogP contribution in [-0.4, -0.2) is 45.2 Å². The molecule has 1 aliphatic rings. The van der Waals surface area contributed by atoms with E-state index in [1.807, 2.05) is 7.05 Å². The Bertz CT molecular complexity index is 347. The fraction of sp³-hybridized carbons (Fsp3) is 0.571. The van der Waals surface area contributed by atoms with Crippen LogP contribution in [-0.2, 0) is 0 Å². The van der Waals surface area contributed by atoms with Gasteiger partial charge in [0.05, 0.1) is 0 Å². The second-order valence-electron chi connectivity index (χ2n) is 4.97. The van der Waals surface area contributed by atoms with Crippen LogP contribution in [0.25, 0.3) is 0 Å². The van der Waals surface area contributed by atoms with Crippen LogP contribution in [0, 0.1) is 0 Å². The van der Waals surface area contributed by atoms with Crippen LogP contribution in [0.3, 0.4) is 0 Å². The lowest BCUT2D eigenvalue weighted by Crippen LogP contribution is -2.45. The molecule has 1 aromatic carbocycles. The van der Waals surface area contributed by atoms with Crippen molar-refractivity contribution in [1.29, 1.82) is 0 Å². The molecule has 1 aromatic rings. The average molecular weight is 233 g/mol. The van der Waals surface area contributed by atoms with Gasteiger partial charge in [0.25, 0.3) is 0 Å². The predicted molar refractivity (Wildman–Crippen MR) is 74.9 cm³/mol. The molecule has 2 rings (SSSR count). The van der Waals surface area contributed by atoms with E-state index in [1.54, 1.807) is 0 Å². The highest BCUT2D eigenvalue weighted by molar-refractivity contribution is 5.55. The number of nitrogens with one attached hydrogen (secondary N) is 1. The van der Waals surface area contributed by atoms with Gasteiger partial charge in [0.15, 0.2) is 0 Å². The Morgan fingerprint density at radius 2 is 2.00 bits per heavy atom. The SMILES string of the molecule is CNc1ccc(N(C)C2CCCN(C)C2)cc1. The number of likely N-dealkylation sites (tertiary alicyclic amines) is 1. The fourth-order valence-electron chi connectivity index (χ4n) is 2.53. The zero-order valence-corrected chi connectivity index (χ0v) is 11.1. The summed E-state index contributed by atoms with van der Waals surface area (Å²) in [5, 5.41) is 3.15. The number of hydrogen-bond donors (Lipinski definition) is 1. The van der Waals surface area contributed by atoms with Gasteiger partial charge in [-0.2, -0.15) is 0 Å². The van der Waals surface area contributed by atoms with Gasteiger partial charge in [0, 0.05) is 38.1 Å². The molecule has 0 amide bonds. The molecule has 1 heterocycles. The van der Waals surface area contributed by atoms with Crippen LogP contribution in [0.1, 0.15) is 12.8 Å². The van der Waals surface area contributed by atoms with Crippen LogP contribution in [0.15, 0.2) is 24.3 Å². The Labute approximate surface area is 104 Å². The first-order chi connectivity index (χ1) is 8.20. The molecule has 3 nitrogen and oxygen atoms in total. The Balaban J connectivity index is 2.04. The standard InChI is InChI=1S/C14H23N3/c1-15-12-6-8-13(9-7-12)17(3)14-5-4-10-16(2)11-14/h6-9,14-15H,4-5,10-11H2,1-3H3. The highest BCUT2D eigenvalue weighted by Crippen LogP contribution is 2.22. The highest BCUT2D eigenvalue weighted by Gasteiger charge is 2.21. The summed E-state index contributed by atoms with van der Waals surface area (Å²) in [6.07, 6.45) is 2.61. The molecule has 0 bridgehead atoms. The number of piperidine rings is 1. The summed E-state index contributed by atoms with van der Waals surface area (Å²) in [5.74, 6) is 0. The van der Waals surface area contributed by atoms with Crippen LogP contribution in [0.4, 0.5) is 11.4 Å². The van der Waals surface area contributed by atoms with E-state index in [0.29, 0.717) is 6.04 Å². The third-order valence-corrected chi connectivity index (χ3v) is 3.71. The Hall–Kier alpha value is -1.22. The third kappa shape index (κ3) is 2.91. The molecule has 3 heteroatoms. The maximum atomic E-state index is 3.15. The van der Waals surface area contributed by atoms with E-state index in [-0.39, 0.29) is 0 Å². The molecule has 17 heavy (non-hydrogen) atoms. The zero-order valence-electron chi connectivity index (χ0n) is 11.1. The number of rotatable bonds is 3. The number of anilines is 2. The molecule has 1 aliphatic heterocycles. The minimum absolute atomic E-state index is 0.647. The molecule has 0 saturated carbocycles. The van der Waals surface area contributed by atoms with E-state index in [1.165, 1.54) is 37.3 Å². The van der Waals surface area contributed by atoms with Crippen molar-refractivity contribution < 1.29 is 0 Å². The Morgan fingerprint density at radius 3 is 2.59 bits per heavy atom. The fourth-order valence-corrected chi connectivity index (χ4v) is 2.53. The first kappa shape index (κ1) is 12.2. The van der Waals surface area contributed by atoms with Gasteiger partial charge in [-0.05, 0) is 50.7 Å². The van der Waals surface area contributed by atoms with Gasteiger partial charge >= 0.3 is 0 Å². The zero-order chi connectivity index (χ0) is 12.3. The molecule has 1 N–H and O–H groups in total. The van der Waals surface area contributed by atoms with E-state index in [2.05, 4.69) is 53.5 Å². The maximum absolute atomic E-state index is 3.15. The molecule has 1 unspecified atom stereocenters. The molecular weight excluding hydrogens is 210 g/mol. The summed E-state index contributed by atoms with van der Waals surface area (Å²) >= 11 is 0. The predicted octanol–water partition coefficient (Wildman–Crippen LogP) is 2.26. The first-order valence-corrected chi connectivity index (χ1v) is 6.40. The van der Waals surface area contributed by atoms with Crippen molar-refractivity contribution >= 4 is 11.4 Å². The summed E-state index contributed by atoms with van der Waals surface area (Å²) in [6.45, 7) is 2.41. The number of benzene rings is 1. The number of nitrogens with zero attached hydrogens (tertiary/aromatic N) is 2. The average Bonchev–Trinajstić information content (AvgIpc) is 2.38. The maximum Gasteiger partial charge on any atom is 0.0414 e. The minimum Gasteiger partial charge on any atom is -0.388 e. The van der Waals surface area contributed by atoms with Crippen molar-refractivity contribution in [3.05, 3.63) is 24.3 Å². The van der Waals surface area contributed by atoms with Crippen LogP contribution < -0.4 is 10.2 Å². The summed E-state index contributed by atoms with van der Waals surface area (Å²) in [7, 11) is 6.37. The van der Waals surface area contributed by atoms with Gasteiger partial charge in [-0.25, -0.2) is 0 Å². The van der Waals surface area contributed by atoms with Crippen molar-refractivity contribution in [3.8, 4) is 0 Å². The molecule has 1 fully saturated rings. The molecule has 0 spiro atoms. The first-order valence-electron chi connectivity index (χ1n) is 6.40. The Morgan fingerprint density at radius 1 is 1.29 bits per heavy atom. The lowest BCUT2D eigenvalue weighted by molar-refractivity contribution is 0.248. The molecule has 1 atom stereocenters. The van der Waals surface area contributed by atoms with Crippen LogP contribution >= 0.6 is 0 Å². The smallest absolute Gasteiger partial charge is 0.0414 e. The summed E-state index contributed by atoms with van der Waals surface area (Å²) in [5.41, 5.74) is 2.48. The van der Waals surface area contributed by atoms with Gasteiger partial charge in [0.1, 0.15) is 0 Å². The van der Waals surface area contributed by atoms with Gasteiger partial charge in [-0.3, -0.25) is 0 Å². The second-order valence-corrected chi connectivity index (χ2v) is 4.97. The number of likely N-dealkylation sites (N-methyl/N-ethyl adjacent to an activating group) is 2. The monoisotopic (exact) mass is 233 g/mol. The van der Waals surface area contributed by atoms with Crippen molar-refractivity contribution in [2.24, 2.45) is 0 Å². The largest absolute Gasteiger partial charge is 0.388 e. The summed E-state index contributed by atoms with van der Waals surface area (Å²) in [6, 6.07) is 9.31. The van der Waals surface area contributed by atoms with Crippen molar-refractivity contribution in [2.45, 2.75) is 18.9 Å². The van der Waals surface area contributed by atoms with Crippen molar-refractivity contribution in [1.82, 2.24) is 4.90 Å². The molecule has 1 saturated heterocycles. The topological polar surface area (TPSA) is 18.5 Å². The van der Waals surface area contributed by atoms with Gasteiger partial charge in [-0.15, -0.1) is 0 Å². The highest BCUT2D eigenvalue weighted by atomic mass is 15.2. The van der Waals surface area contributed by atoms with E-state index in [9.17, 15) is 0 Å². The number of hydrogen-bond acceptors (Lipinski definition) is 3. The van der Waals surface area contributed by atoms with E-state index >= 15 is 0 Å². The lowest BCUT2D eigenvalue weighted by Gasteiger charge is -2.37. The summed E-state index contributed by atoms with van der Waals surface area (Å²) in [4.78, 5) is 4.84. The van der Waals surface area contributed by atoms with Gasteiger partial charge in [0.2, 0.25) is 0 Å². The third-order valence-electron chi connectivity index (χ3n) is 3.71. The van der Waals surface area contributed by atoms with E-state index in [4.69, 9.17) is 0 Å². The van der Waals surface area contributed by atoms with E-state index in [0.717, 1.165) is 0 Å². The molecule has 0 aromatic heterocycles. The minimum atomic E-state index is 0.647. The van der Waals surface area contributed by atoms with Gasteiger partial charge < -0.3 is 15.1 Å². The second kappa shape index (κ2) is 5.41. The van der Waals surface area contributed by atoms with Gasteiger partial charge in [-0.1, -0.05) is 0 Å². The molecular formula is C14H23N3.